The highest BCUT2D eigenvalue weighted by Gasteiger charge is 2.17. The quantitative estimate of drug-likeness (QED) is 0.458. The fourth-order valence-electron chi connectivity index (χ4n) is 2.65. The molecule has 166 valence electrons. The molecule has 2 atom stereocenters. The minimum Gasteiger partial charge on any atom is -0.484 e. The number of hydrogen-bond acceptors (Lipinski definition) is 5. The second kappa shape index (κ2) is 12.0. The molecule has 0 fully saturated rings. The molecule has 3 N–H and O–H groups in total. The molecule has 0 bridgehead atoms. The number of aromatic nitrogens is 1. The molecule has 2 amide bonds. The third-order valence-corrected chi connectivity index (χ3v) is 4.69. The maximum absolute atomic E-state index is 13.4. The molecule has 31 heavy (non-hydrogen) atoms. The van der Waals surface area contributed by atoms with E-state index in [1.165, 1.54) is 18.2 Å². The van der Waals surface area contributed by atoms with E-state index in [2.05, 4.69) is 22.2 Å². The maximum atomic E-state index is 13.4. The lowest BCUT2D eigenvalue weighted by molar-refractivity contribution is -0.123. The van der Waals surface area contributed by atoms with Crippen LogP contribution in [0.25, 0.3) is 0 Å². The van der Waals surface area contributed by atoms with E-state index in [0.29, 0.717) is 0 Å². The Morgan fingerprint density at radius 1 is 1.35 bits per heavy atom. The van der Waals surface area contributed by atoms with Crippen LogP contribution in [0.5, 0.6) is 5.75 Å². The monoisotopic (exact) mass is 449 g/mol. The van der Waals surface area contributed by atoms with Crippen LogP contribution < -0.4 is 15.4 Å². The average molecular weight is 450 g/mol. The van der Waals surface area contributed by atoms with E-state index in [0.717, 1.165) is 18.1 Å². The van der Waals surface area contributed by atoms with Crippen LogP contribution in [-0.2, 0) is 11.2 Å². The molecule has 9 heteroatoms. The molecule has 0 spiro atoms. The van der Waals surface area contributed by atoms with Crippen molar-refractivity contribution in [1.82, 2.24) is 15.6 Å². The molecular formula is C22H25ClFN3O4. The Labute approximate surface area is 185 Å². The number of aliphatic hydroxyl groups excluding tert-OH is 1. The van der Waals surface area contributed by atoms with Crippen molar-refractivity contribution >= 4 is 23.4 Å². The summed E-state index contributed by atoms with van der Waals surface area (Å²) in [5.41, 5.74) is 1.27. The second-order valence-corrected chi connectivity index (χ2v) is 7.18. The van der Waals surface area contributed by atoms with Crippen molar-refractivity contribution in [3.8, 4) is 5.75 Å². The molecule has 2 aromatic rings. The van der Waals surface area contributed by atoms with Crippen LogP contribution in [0, 0.1) is 5.82 Å². The van der Waals surface area contributed by atoms with Gasteiger partial charge < -0.3 is 20.5 Å². The Kier molecular flexibility index (Phi) is 9.42. The summed E-state index contributed by atoms with van der Waals surface area (Å²) >= 11 is 5.59. The zero-order chi connectivity index (χ0) is 22.8. The number of pyridine rings is 1. The molecular weight excluding hydrogens is 425 g/mol. The van der Waals surface area contributed by atoms with Crippen molar-refractivity contribution in [2.75, 3.05) is 13.2 Å². The molecule has 0 saturated heterocycles. The van der Waals surface area contributed by atoms with Crippen LogP contribution >= 0.6 is 11.6 Å². The number of carbonyl (C=O) groups is 2. The maximum Gasteiger partial charge on any atom is 0.270 e. The van der Waals surface area contributed by atoms with Crippen LogP contribution in [0.3, 0.4) is 0 Å². The van der Waals surface area contributed by atoms with Gasteiger partial charge in [0.1, 0.15) is 17.3 Å². The van der Waals surface area contributed by atoms with Crippen LogP contribution in [0.1, 0.15) is 29.4 Å². The molecule has 1 aromatic carbocycles. The number of ether oxygens (including phenoxy) is 1. The smallest absolute Gasteiger partial charge is 0.270 e. The van der Waals surface area contributed by atoms with E-state index in [9.17, 15) is 19.1 Å². The standard InChI is InChI=1S/C22H25ClFN3O4/c1-3-14-7-8-25-20(9-14)22(30)27-15(4-2)10-16(28)12-26-21(29)13-31-17-5-6-18(23)19(24)11-17/h4-9,11,15-16,28H,2-3,10,12-13H2,1H3,(H,26,29)(H,27,30). The van der Waals surface area contributed by atoms with E-state index >= 15 is 0 Å². The highest BCUT2D eigenvalue weighted by molar-refractivity contribution is 6.30. The third-order valence-electron chi connectivity index (χ3n) is 4.39. The minimum atomic E-state index is -0.935. The van der Waals surface area contributed by atoms with Gasteiger partial charge in [-0.25, -0.2) is 4.39 Å². The normalized spacial score (nSPS) is 12.5. The van der Waals surface area contributed by atoms with E-state index in [1.807, 2.05) is 13.0 Å². The number of aryl methyl sites for hydroxylation is 1. The van der Waals surface area contributed by atoms with Gasteiger partial charge in [-0.3, -0.25) is 14.6 Å². The van der Waals surface area contributed by atoms with Gasteiger partial charge in [-0.1, -0.05) is 24.6 Å². The molecule has 0 aliphatic carbocycles. The lowest BCUT2D eigenvalue weighted by atomic mass is 10.1. The summed E-state index contributed by atoms with van der Waals surface area (Å²) in [5.74, 6) is -1.36. The van der Waals surface area contributed by atoms with Crippen LogP contribution in [0.4, 0.5) is 4.39 Å². The predicted octanol–water partition coefficient (Wildman–Crippen LogP) is 2.67. The van der Waals surface area contributed by atoms with Gasteiger partial charge in [0.15, 0.2) is 6.61 Å². The summed E-state index contributed by atoms with van der Waals surface area (Å²) in [5, 5.41) is 15.4. The molecule has 0 aliphatic heterocycles. The summed E-state index contributed by atoms with van der Waals surface area (Å²) in [7, 11) is 0. The van der Waals surface area contributed by atoms with E-state index in [1.54, 1.807) is 12.3 Å². The molecule has 0 radical (unpaired) electrons. The Morgan fingerprint density at radius 2 is 2.13 bits per heavy atom. The summed E-state index contributed by atoms with van der Waals surface area (Å²) in [6.07, 6.45) is 3.07. The number of nitrogens with one attached hydrogen (secondary N) is 2. The molecule has 7 nitrogen and oxygen atoms in total. The summed E-state index contributed by atoms with van der Waals surface area (Å²) in [4.78, 5) is 28.3. The number of amides is 2. The summed E-state index contributed by atoms with van der Waals surface area (Å²) in [6.45, 7) is 5.24. The Hall–Kier alpha value is -2.97. The van der Waals surface area contributed by atoms with Crippen molar-refractivity contribution in [3.05, 3.63) is 71.3 Å². The Morgan fingerprint density at radius 3 is 2.81 bits per heavy atom. The minimum absolute atomic E-state index is 0.0439. The number of rotatable bonds is 11. The van der Waals surface area contributed by atoms with Crippen molar-refractivity contribution in [2.24, 2.45) is 0 Å². The van der Waals surface area contributed by atoms with Gasteiger partial charge >= 0.3 is 0 Å². The van der Waals surface area contributed by atoms with Crippen molar-refractivity contribution in [1.29, 1.82) is 0 Å². The molecule has 0 saturated carbocycles. The highest BCUT2D eigenvalue weighted by Crippen LogP contribution is 2.20. The van der Waals surface area contributed by atoms with Gasteiger partial charge in [-0.2, -0.15) is 0 Å². The molecule has 1 heterocycles. The summed E-state index contributed by atoms with van der Waals surface area (Å²) < 4.78 is 18.5. The van der Waals surface area contributed by atoms with Gasteiger partial charge in [0.05, 0.1) is 11.1 Å². The van der Waals surface area contributed by atoms with Gasteiger partial charge in [-0.05, 0) is 42.7 Å². The third kappa shape index (κ3) is 7.99. The van der Waals surface area contributed by atoms with E-state index < -0.39 is 23.9 Å². The van der Waals surface area contributed by atoms with E-state index in [4.69, 9.17) is 16.3 Å². The first-order valence-corrected chi connectivity index (χ1v) is 10.1. The molecule has 0 aliphatic rings. The predicted molar refractivity (Wildman–Crippen MR) is 116 cm³/mol. The molecule has 1 aromatic heterocycles. The zero-order valence-electron chi connectivity index (χ0n) is 17.1. The van der Waals surface area contributed by atoms with Crippen LogP contribution in [0.2, 0.25) is 5.02 Å². The number of aliphatic hydroxyl groups is 1. The Balaban J connectivity index is 1.76. The first-order valence-electron chi connectivity index (χ1n) is 9.73. The SMILES string of the molecule is C=CC(CC(O)CNC(=O)COc1ccc(Cl)c(F)c1)NC(=O)c1cc(CC)ccn1. The molecule has 2 rings (SSSR count). The van der Waals surface area contributed by atoms with Gasteiger partial charge in [-0.15, -0.1) is 6.58 Å². The van der Waals surface area contributed by atoms with Crippen molar-refractivity contribution in [3.63, 3.8) is 0 Å². The zero-order valence-corrected chi connectivity index (χ0v) is 17.9. The van der Waals surface area contributed by atoms with Gasteiger partial charge in [0.25, 0.3) is 11.8 Å². The van der Waals surface area contributed by atoms with E-state index in [-0.39, 0.29) is 41.9 Å². The topological polar surface area (TPSA) is 101 Å². The summed E-state index contributed by atoms with van der Waals surface area (Å²) in [6, 6.07) is 6.87. The second-order valence-electron chi connectivity index (χ2n) is 6.78. The first kappa shape index (κ1) is 24.3. The fourth-order valence-corrected chi connectivity index (χ4v) is 2.77. The molecule has 2 unspecified atom stereocenters. The lowest BCUT2D eigenvalue weighted by Crippen LogP contribution is -2.40. The number of halogens is 2. The average Bonchev–Trinajstić information content (AvgIpc) is 2.77. The fraction of sp³-hybridized carbons (Fsp3) is 0.318. The number of benzene rings is 1. The van der Waals surface area contributed by atoms with Gasteiger partial charge in [0, 0.05) is 24.8 Å². The number of nitrogens with zero attached hydrogens (tertiary/aromatic N) is 1. The highest BCUT2D eigenvalue weighted by atomic mass is 35.5. The first-order chi connectivity index (χ1) is 14.8. The Bertz CT molecular complexity index is 925. The van der Waals surface area contributed by atoms with Crippen LogP contribution in [0.15, 0.2) is 49.2 Å². The van der Waals surface area contributed by atoms with Crippen molar-refractivity contribution < 1.29 is 23.8 Å². The van der Waals surface area contributed by atoms with Gasteiger partial charge in [0.2, 0.25) is 0 Å². The number of hydrogen-bond donors (Lipinski definition) is 3. The largest absolute Gasteiger partial charge is 0.484 e. The lowest BCUT2D eigenvalue weighted by Gasteiger charge is -2.19. The van der Waals surface area contributed by atoms with Crippen molar-refractivity contribution in [2.45, 2.75) is 31.9 Å². The van der Waals surface area contributed by atoms with Crippen LogP contribution in [-0.4, -0.2) is 47.2 Å². The number of carbonyl (C=O) groups excluding carboxylic acids is 2.